The Balaban J connectivity index is 2.94. The quantitative estimate of drug-likeness (QED) is 0.635. The van der Waals surface area contributed by atoms with Crippen molar-refractivity contribution in [2.24, 2.45) is 0 Å². The van der Waals surface area contributed by atoms with Gasteiger partial charge in [0.2, 0.25) is 0 Å². The largest absolute Gasteiger partial charge is 0.472 e. The molecule has 1 N–H and O–H groups in total. The minimum Gasteiger partial charge on any atom is -0.302 e. The third kappa shape index (κ3) is 4.38. The highest BCUT2D eigenvalue weighted by Crippen LogP contribution is 2.51. The fourth-order valence-electron chi connectivity index (χ4n) is 1.78. The predicted octanol–water partition coefficient (Wildman–Crippen LogP) is 3.69. The lowest BCUT2D eigenvalue weighted by Crippen LogP contribution is -2.51. The molecule has 0 aromatic rings. The minimum absolute atomic E-state index is 0.0998. The summed E-state index contributed by atoms with van der Waals surface area (Å²) in [7, 11) is -4.87. The number of hydrogen-bond donors (Lipinski definition) is 1. The lowest BCUT2D eigenvalue weighted by atomic mass is 10.0. The van der Waals surface area contributed by atoms with Gasteiger partial charge in [-0.1, -0.05) is 19.3 Å². The van der Waals surface area contributed by atoms with Gasteiger partial charge in [-0.3, -0.25) is 9.05 Å². The van der Waals surface area contributed by atoms with Crippen LogP contribution in [0.2, 0.25) is 0 Å². The molecule has 0 aliphatic carbocycles. The number of phosphoric acid groups is 1. The molecule has 0 saturated carbocycles. The first-order valence-corrected chi connectivity index (χ1v) is 7.59. The first kappa shape index (κ1) is 17.8. The van der Waals surface area contributed by atoms with Crippen molar-refractivity contribution >= 4 is 7.82 Å². The highest BCUT2D eigenvalue weighted by Gasteiger charge is 2.62. The minimum atomic E-state index is -4.97. The molecular formula is C10H16F5O4P. The topological polar surface area (TPSA) is 55.8 Å². The Kier molecular flexibility index (Phi) is 5.95. The molecule has 0 spiro atoms. The van der Waals surface area contributed by atoms with E-state index < -0.39 is 38.9 Å². The molecule has 1 aliphatic rings. The standard InChI is InChI=1S/C10H16F5O4P/c11-7-9(12,13)10(14,15)8-5-3-1-2-4-6-18-20(16,17)19-8/h8H,1-7H2,(H,16,17). The zero-order chi connectivity index (χ0) is 15.4. The van der Waals surface area contributed by atoms with Gasteiger partial charge < -0.3 is 4.89 Å². The molecule has 2 unspecified atom stereocenters. The Morgan fingerprint density at radius 2 is 1.75 bits per heavy atom. The molecule has 20 heavy (non-hydrogen) atoms. The number of alkyl halides is 5. The SMILES string of the molecule is O=P1(O)OCCCCCCC(C(F)(F)C(F)(F)CF)O1. The van der Waals surface area contributed by atoms with Crippen LogP contribution in [-0.2, 0) is 13.6 Å². The van der Waals surface area contributed by atoms with E-state index >= 15 is 0 Å². The lowest BCUT2D eigenvalue weighted by Gasteiger charge is -2.32. The molecule has 0 aromatic carbocycles. The van der Waals surface area contributed by atoms with Gasteiger partial charge in [0, 0.05) is 0 Å². The van der Waals surface area contributed by atoms with Gasteiger partial charge in [-0.25, -0.2) is 8.96 Å². The van der Waals surface area contributed by atoms with Gasteiger partial charge in [0.15, 0.2) is 6.67 Å². The summed E-state index contributed by atoms with van der Waals surface area (Å²) >= 11 is 0. The predicted molar refractivity (Wildman–Crippen MR) is 59.6 cm³/mol. The number of hydrogen-bond acceptors (Lipinski definition) is 3. The maximum Gasteiger partial charge on any atom is 0.472 e. The Bertz CT molecular complexity index is 366. The third-order valence-corrected chi connectivity index (χ3v) is 3.97. The van der Waals surface area contributed by atoms with Crippen LogP contribution >= 0.6 is 7.82 Å². The van der Waals surface area contributed by atoms with Crippen molar-refractivity contribution in [2.75, 3.05) is 13.3 Å². The van der Waals surface area contributed by atoms with E-state index in [-0.39, 0.29) is 13.0 Å². The average molecular weight is 326 g/mol. The van der Waals surface area contributed by atoms with E-state index in [2.05, 4.69) is 9.05 Å². The molecule has 120 valence electrons. The molecule has 1 saturated heterocycles. The first-order valence-electron chi connectivity index (χ1n) is 6.10. The second-order valence-corrected chi connectivity index (χ2v) is 5.97. The second-order valence-electron chi connectivity index (χ2n) is 4.56. The van der Waals surface area contributed by atoms with Crippen LogP contribution in [0.15, 0.2) is 0 Å². The average Bonchev–Trinajstić information content (AvgIpc) is 2.35. The summed E-state index contributed by atoms with van der Waals surface area (Å²) in [4.78, 5) is 9.21. The zero-order valence-electron chi connectivity index (χ0n) is 10.5. The Labute approximate surface area is 112 Å². The fraction of sp³-hybridized carbons (Fsp3) is 1.00. The Morgan fingerprint density at radius 1 is 1.15 bits per heavy atom. The number of phosphoric ester groups is 1. The summed E-state index contributed by atoms with van der Waals surface area (Å²) in [5.74, 6) is -9.87. The Hall–Kier alpha value is -0.240. The normalized spacial score (nSPS) is 31.0. The number of halogens is 5. The van der Waals surface area contributed by atoms with E-state index in [4.69, 9.17) is 0 Å². The zero-order valence-corrected chi connectivity index (χ0v) is 11.4. The van der Waals surface area contributed by atoms with Crippen molar-refractivity contribution in [3.05, 3.63) is 0 Å². The second kappa shape index (κ2) is 6.68. The summed E-state index contributed by atoms with van der Waals surface area (Å²) in [6, 6.07) is 0. The van der Waals surface area contributed by atoms with Crippen LogP contribution in [-0.4, -0.2) is 36.1 Å². The highest BCUT2D eigenvalue weighted by atomic mass is 31.2. The van der Waals surface area contributed by atoms with Crippen LogP contribution in [0.3, 0.4) is 0 Å². The molecule has 1 fully saturated rings. The van der Waals surface area contributed by atoms with Gasteiger partial charge in [-0.2, -0.15) is 17.6 Å². The van der Waals surface area contributed by atoms with Gasteiger partial charge in [-0.05, 0) is 12.8 Å². The molecule has 1 heterocycles. The van der Waals surface area contributed by atoms with Crippen LogP contribution in [0.1, 0.15) is 32.1 Å². The smallest absolute Gasteiger partial charge is 0.302 e. The van der Waals surface area contributed by atoms with E-state index in [0.29, 0.717) is 19.3 Å². The van der Waals surface area contributed by atoms with Crippen LogP contribution in [0, 0.1) is 0 Å². The maximum absolute atomic E-state index is 13.6. The van der Waals surface area contributed by atoms with Gasteiger partial charge >= 0.3 is 19.7 Å². The van der Waals surface area contributed by atoms with E-state index in [1.54, 1.807) is 0 Å². The van der Waals surface area contributed by atoms with Gasteiger partial charge in [0.1, 0.15) is 6.10 Å². The van der Waals surface area contributed by atoms with E-state index in [1.807, 2.05) is 0 Å². The summed E-state index contributed by atoms with van der Waals surface area (Å²) < 4.78 is 85.1. The summed E-state index contributed by atoms with van der Waals surface area (Å²) in [6.07, 6.45) is -1.65. The molecule has 0 aromatic heterocycles. The van der Waals surface area contributed by atoms with Gasteiger partial charge in [0.05, 0.1) is 6.61 Å². The third-order valence-electron chi connectivity index (χ3n) is 2.94. The van der Waals surface area contributed by atoms with Crippen molar-refractivity contribution in [1.82, 2.24) is 0 Å². The molecule has 10 heteroatoms. The molecule has 1 rings (SSSR count). The van der Waals surface area contributed by atoms with Crippen LogP contribution < -0.4 is 0 Å². The highest BCUT2D eigenvalue weighted by molar-refractivity contribution is 7.47. The molecule has 0 bridgehead atoms. The molecule has 4 nitrogen and oxygen atoms in total. The molecule has 0 radical (unpaired) electrons. The van der Waals surface area contributed by atoms with Crippen LogP contribution in [0.5, 0.6) is 0 Å². The van der Waals surface area contributed by atoms with Crippen molar-refractivity contribution in [3.8, 4) is 0 Å². The monoisotopic (exact) mass is 326 g/mol. The fourth-order valence-corrected chi connectivity index (χ4v) is 2.76. The molecule has 2 atom stereocenters. The van der Waals surface area contributed by atoms with Crippen molar-refractivity contribution in [1.29, 1.82) is 0 Å². The van der Waals surface area contributed by atoms with Gasteiger partial charge in [-0.15, -0.1) is 0 Å². The number of rotatable bonds is 3. The summed E-state index contributed by atoms with van der Waals surface area (Å²) in [5, 5.41) is 0. The molecule has 1 aliphatic heterocycles. The summed E-state index contributed by atoms with van der Waals surface area (Å²) in [6.45, 7) is -2.79. The first-order chi connectivity index (χ1) is 9.12. The van der Waals surface area contributed by atoms with Crippen LogP contribution in [0.4, 0.5) is 22.0 Å². The van der Waals surface area contributed by atoms with E-state index in [1.165, 1.54) is 0 Å². The lowest BCUT2D eigenvalue weighted by molar-refractivity contribution is -0.255. The van der Waals surface area contributed by atoms with Crippen molar-refractivity contribution in [2.45, 2.75) is 50.1 Å². The Morgan fingerprint density at radius 3 is 2.35 bits per heavy atom. The van der Waals surface area contributed by atoms with Gasteiger partial charge in [0.25, 0.3) is 0 Å². The van der Waals surface area contributed by atoms with Crippen molar-refractivity contribution in [3.63, 3.8) is 0 Å². The molecule has 0 amide bonds. The maximum atomic E-state index is 13.6. The molecular weight excluding hydrogens is 310 g/mol. The van der Waals surface area contributed by atoms with E-state index in [0.717, 1.165) is 0 Å². The summed E-state index contributed by atoms with van der Waals surface area (Å²) in [5.41, 5.74) is 0. The van der Waals surface area contributed by atoms with E-state index in [9.17, 15) is 31.4 Å². The van der Waals surface area contributed by atoms with Crippen molar-refractivity contribution < 1.29 is 40.5 Å². The van der Waals surface area contributed by atoms with Crippen LogP contribution in [0.25, 0.3) is 0 Å².